The Hall–Kier alpha value is -3.33. The van der Waals surface area contributed by atoms with E-state index in [1.807, 2.05) is 12.3 Å². The molecule has 3 aromatic rings. The Labute approximate surface area is 190 Å². The van der Waals surface area contributed by atoms with Crippen LogP contribution in [0.1, 0.15) is 36.1 Å². The summed E-state index contributed by atoms with van der Waals surface area (Å²) in [5.41, 5.74) is 2.12. The number of hydrogen-bond acceptors (Lipinski definition) is 7. The van der Waals surface area contributed by atoms with Crippen LogP contribution >= 0.6 is 0 Å². The van der Waals surface area contributed by atoms with E-state index in [1.54, 1.807) is 23.2 Å². The lowest BCUT2D eigenvalue weighted by Crippen LogP contribution is -2.53. The first-order valence-electron chi connectivity index (χ1n) is 11.4. The van der Waals surface area contributed by atoms with Gasteiger partial charge in [0.05, 0.1) is 18.4 Å². The summed E-state index contributed by atoms with van der Waals surface area (Å²) in [6.07, 6.45) is 7.93. The maximum Gasteiger partial charge on any atom is 0.241 e. The van der Waals surface area contributed by atoms with Crippen LogP contribution in [0.25, 0.3) is 0 Å². The average molecular weight is 449 g/mol. The molecular formula is C24H25FN6O2. The molecule has 0 radical (unpaired) electrons. The van der Waals surface area contributed by atoms with Crippen LogP contribution in [0.4, 0.5) is 16.0 Å². The lowest BCUT2D eigenvalue weighted by molar-refractivity contribution is -0.124. The zero-order valence-corrected chi connectivity index (χ0v) is 18.2. The number of amides is 1. The van der Waals surface area contributed by atoms with Crippen LogP contribution in [0, 0.1) is 11.7 Å². The van der Waals surface area contributed by atoms with E-state index in [2.05, 4.69) is 20.4 Å². The Balaban J connectivity index is 1.35. The van der Waals surface area contributed by atoms with Gasteiger partial charge in [-0.1, -0.05) is 23.4 Å². The second kappa shape index (κ2) is 7.91. The standard InChI is InChI=1S/C24H25FN6O2/c25-20-4-2-1-3-17(20)12-30-8-7-24(15-30)21-18(10-27-23(29-21)26-9-16-5-6-16)13-31(22(24)32)19-11-28-33-14-19/h1-4,10-11,14,16H,5-9,12-13,15H2,(H,26,27,29). The van der Waals surface area contributed by atoms with Gasteiger partial charge >= 0.3 is 0 Å². The highest BCUT2D eigenvalue weighted by Gasteiger charge is 2.53. The first-order valence-corrected chi connectivity index (χ1v) is 11.4. The van der Waals surface area contributed by atoms with E-state index in [1.165, 1.54) is 25.2 Å². The summed E-state index contributed by atoms with van der Waals surface area (Å²) in [6, 6.07) is 6.79. The van der Waals surface area contributed by atoms with E-state index in [9.17, 15) is 9.18 Å². The number of carbonyl (C=O) groups is 1. The van der Waals surface area contributed by atoms with Gasteiger partial charge in [-0.3, -0.25) is 9.69 Å². The number of hydrogen-bond donors (Lipinski definition) is 1. The molecule has 0 bridgehead atoms. The highest BCUT2D eigenvalue weighted by molar-refractivity contribution is 6.03. The number of anilines is 2. The monoisotopic (exact) mass is 448 g/mol. The SMILES string of the molecule is O=C1N(c2cnoc2)Cc2cnc(NCC3CC3)nc2C12CCN(Cc1ccccc1F)C2. The van der Waals surface area contributed by atoms with Gasteiger partial charge in [0.25, 0.3) is 0 Å². The molecule has 33 heavy (non-hydrogen) atoms. The van der Waals surface area contributed by atoms with Crippen LogP contribution in [0.3, 0.4) is 0 Å². The normalized spacial score (nSPS) is 22.7. The van der Waals surface area contributed by atoms with Crippen molar-refractivity contribution < 1.29 is 13.7 Å². The van der Waals surface area contributed by atoms with Gasteiger partial charge < -0.3 is 14.7 Å². The lowest BCUT2D eigenvalue weighted by atomic mass is 9.77. The van der Waals surface area contributed by atoms with Crippen molar-refractivity contribution >= 4 is 17.5 Å². The Morgan fingerprint density at radius 1 is 1.24 bits per heavy atom. The van der Waals surface area contributed by atoms with E-state index in [-0.39, 0.29) is 11.7 Å². The minimum absolute atomic E-state index is 0.0268. The van der Waals surface area contributed by atoms with Crippen LogP contribution < -0.4 is 10.2 Å². The molecule has 1 aromatic carbocycles. The summed E-state index contributed by atoms with van der Waals surface area (Å²) in [5, 5.41) is 7.12. The van der Waals surface area contributed by atoms with E-state index >= 15 is 0 Å². The molecule has 1 unspecified atom stereocenters. The van der Waals surface area contributed by atoms with Crippen molar-refractivity contribution in [2.75, 3.05) is 29.9 Å². The number of nitrogens with one attached hydrogen (secondary N) is 1. The summed E-state index contributed by atoms with van der Waals surface area (Å²) in [4.78, 5) is 27.2. The first-order chi connectivity index (χ1) is 16.1. The van der Waals surface area contributed by atoms with Gasteiger partial charge in [0, 0.05) is 43.5 Å². The Morgan fingerprint density at radius 3 is 2.91 bits per heavy atom. The fourth-order valence-corrected chi connectivity index (χ4v) is 4.98. The zero-order chi connectivity index (χ0) is 22.4. The number of likely N-dealkylation sites (tertiary alicyclic amines) is 1. The summed E-state index contributed by atoms with van der Waals surface area (Å²) in [6.45, 7) is 2.81. The maximum absolute atomic E-state index is 14.3. The predicted octanol–water partition coefficient (Wildman–Crippen LogP) is 3.12. The van der Waals surface area contributed by atoms with Crippen molar-refractivity contribution in [1.82, 2.24) is 20.0 Å². The Bertz CT molecular complexity index is 1180. The van der Waals surface area contributed by atoms with Crippen LogP contribution in [0.15, 0.2) is 47.4 Å². The predicted molar refractivity (Wildman–Crippen MR) is 119 cm³/mol. The summed E-state index contributed by atoms with van der Waals surface area (Å²) in [5.74, 6) is 1.00. The third-order valence-electron chi connectivity index (χ3n) is 6.98. The maximum atomic E-state index is 14.3. The summed E-state index contributed by atoms with van der Waals surface area (Å²) < 4.78 is 19.3. The molecule has 1 aliphatic carbocycles. The lowest BCUT2D eigenvalue weighted by Gasteiger charge is -2.39. The van der Waals surface area contributed by atoms with Gasteiger partial charge in [0.2, 0.25) is 11.9 Å². The molecule has 6 rings (SSSR count). The van der Waals surface area contributed by atoms with Crippen LogP contribution in [0.2, 0.25) is 0 Å². The minimum atomic E-state index is -0.824. The third-order valence-corrected chi connectivity index (χ3v) is 6.98. The van der Waals surface area contributed by atoms with Crippen LogP contribution in [-0.4, -0.2) is 45.6 Å². The molecule has 170 valence electrons. The first kappa shape index (κ1) is 20.3. The molecule has 2 aliphatic heterocycles. The van der Waals surface area contributed by atoms with Gasteiger partial charge in [-0.2, -0.15) is 0 Å². The van der Waals surface area contributed by atoms with Gasteiger partial charge in [-0.05, 0) is 31.2 Å². The van der Waals surface area contributed by atoms with Crippen molar-refractivity contribution in [3.05, 3.63) is 65.6 Å². The minimum Gasteiger partial charge on any atom is -0.363 e. The smallest absolute Gasteiger partial charge is 0.241 e. The molecule has 2 aromatic heterocycles. The molecule has 1 atom stereocenters. The number of benzene rings is 1. The van der Waals surface area contributed by atoms with E-state index in [0.717, 1.165) is 17.8 Å². The number of fused-ring (bicyclic) bond motifs is 2. The van der Waals surface area contributed by atoms with Crippen LogP contribution in [0.5, 0.6) is 0 Å². The largest absolute Gasteiger partial charge is 0.363 e. The fraction of sp³-hybridized carbons (Fsp3) is 0.417. The van der Waals surface area contributed by atoms with Crippen molar-refractivity contribution in [1.29, 1.82) is 0 Å². The molecule has 3 aliphatic rings. The topological polar surface area (TPSA) is 87.4 Å². The molecule has 8 nitrogen and oxygen atoms in total. The molecule has 1 N–H and O–H groups in total. The highest BCUT2D eigenvalue weighted by atomic mass is 19.1. The molecule has 9 heteroatoms. The van der Waals surface area contributed by atoms with E-state index < -0.39 is 5.41 Å². The van der Waals surface area contributed by atoms with Crippen molar-refractivity contribution in [2.45, 2.75) is 37.8 Å². The van der Waals surface area contributed by atoms with E-state index in [4.69, 9.17) is 9.51 Å². The van der Waals surface area contributed by atoms with Crippen LogP contribution in [-0.2, 0) is 23.3 Å². The van der Waals surface area contributed by atoms with Crippen molar-refractivity contribution in [3.8, 4) is 0 Å². The number of aromatic nitrogens is 3. The number of carbonyl (C=O) groups excluding carboxylic acids is 1. The Morgan fingerprint density at radius 2 is 2.12 bits per heavy atom. The molecule has 1 saturated carbocycles. The highest BCUT2D eigenvalue weighted by Crippen LogP contribution is 2.43. The van der Waals surface area contributed by atoms with Crippen molar-refractivity contribution in [3.63, 3.8) is 0 Å². The van der Waals surface area contributed by atoms with Gasteiger partial charge in [-0.15, -0.1) is 0 Å². The number of nitrogens with zero attached hydrogens (tertiary/aromatic N) is 5. The second-order valence-corrected chi connectivity index (χ2v) is 9.30. The summed E-state index contributed by atoms with van der Waals surface area (Å²) >= 11 is 0. The quantitative estimate of drug-likeness (QED) is 0.620. The molecule has 1 saturated heterocycles. The molecule has 1 amide bonds. The summed E-state index contributed by atoms with van der Waals surface area (Å²) in [7, 11) is 0. The molecule has 2 fully saturated rings. The fourth-order valence-electron chi connectivity index (χ4n) is 4.98. The van der Waals surface area contributed by atoms with Crippen molar-refractivity contribution in [2.24, 2.45) is 5.92 Å². The second-order valence-electron chi connectivity index (χ2n) is 9.30. The number of halogens is 1. The molecular weight excluding hydrogens is 423 g/mol. The molecule has 4 heterocycles. The van der Waals surface area contributed by atoms with Gasteiger partial charge in [0.1, 0.15) is 23.2 Å². The van der Waals surface area contributed by atoms with Gasteiger partial charge in [-0.25, -0.2) is 14.4 Å². The van der Waals surface area contributed by atoms with E-state index in [0.29, 0.717) is 55.7 Å². The molecule has 1 spiro atoms. The zero-order valence-electron chi connectivity index (χ0n) is 18.2. The average Bonchev–Trinajstić information content (AvgIpc) is 3.31. The Kier molecular flexibility index (Phi) is 4.86. The van der Waals surface area contributed by atoms with Gasteiger partial charge in [0.15, 0.2) is 0 Å². The number of rotatable bonds is 6. The third kappa shape index (κ3) is 3.66.